The summed E-state index contributed by atoms with van der Waals surface area (Å²) in [7, 11) is 0. The van der Waals surface area contributed by atoms with Crippen LogP contribution in [0, 0.1) is 0 Å². The van der Waals surface area contributed by atoms with Crippen molar-refractivity contribution in [2.24, 2.45) is 0 Å². The molecule has 0 spiro atoms. The molecule has 0 aromatic carbocycles. The Balaban J connectivity index is 2.36. The average Bonchev–Trinajstić information content (AvgIpc) is 2.61. The molecule has 1 aliphatic rings. The number of hydrogen-bond acceptors (Lipinski definition) is 2. The maximum atomic E-state index is 11.0. The Bertz CT molecular complexity index is 277. The van der Waals surface area contributed by atoms with Crippen LogP contribution in [0.2, 0.25) is 0 Å². The summed E-state index contributed by atoms with van der Waals surface area (Å²) in [5.41, 5.74) is -0.396. The number of thiol groups is 1. The standard InChI is InChI=1S/C7H8N2OS/c10-6(11)7(2-3-7)9-5-1-4-8-9/h1,4-5H,2-3H2,(H,10,11). The molecule has 1 aromatic rings. The smallest absolute Gasteiger partial charge is 0.213 e. The molecule has 1 heterocycles. The molecule has 58 valence electrons. The molecule has 0 amide bonds. The first kappa shape index (κ1) is 6.91. The minimum atomic E-state index is -0.396. The van der Waals surface area contributed by atoms with Crippen LogP contribution in [0.4, 0.5) is 0 Å². The summed E-state index contributed by atoms with van der Waals surface area (Å²) in [6.07, 6.45) is 5.23. The summed E-state index contributed by atoms with van der Waals surface area (Å²) in [6.45, 7) is 0. The van der Waals surface area contributed by atoms with Gasteiger partial charge >= 0.3 is 0 Å². The highest BCUT2D eigenvalue weighted by atomic mass is 32.1. The van der Waals surface area contributed by atoms with E-state index >= 15 is 0 Å². The van der Waals surface area contributed by atoms with Crippen molar-refractivity contribution < 1.29 is 4.79 Å². The zero-order chi connectivity index (χ0) is 7.90. The van der Waals surface area contributed by atoms with Gasteiger partial charge in [-0.3, -0.25) is 9.48 Å². The van der Waals surface area contributed by atoms with Gasteiger partial charge in [-0.15, -0.1) is 12.6 Å². The molecule has 3 nitrogen and oxygen atoms in total. The van der Waals surface area contributed by atoms with E-state index in [1.165, 1.54) is 0 Å². The van der Waals surface area contributed by atoms with E-state index in [-0.39, 0.29) is 5.12 Å². The molecule has 0 atom stereocenters. The van der Waals surface area contributed by atoms with Crippen LogP contribution in [-0.4, -0.2) is 14.9 Å². The zero-order valence-electron chi connectivity index (χ0n) is 5.90. The molecule has 4 heteroatoms. The Labute approximate surface area is 69.8 Å². The Morgan fingerprint density at radius 1 is 1.64 bits per heavy atom. The summed E-state index contributed by atoms with van der Waals surface area (Å²) in [5, 5.41) is 3.94. The Kier molecular flexibility index (Phi) is 1.32. The van der Waals surface area contributed by atoms with E-state index in [9.17, 15) is 4.79 Å². The van der Waals surface area contributed by atoms with Gasteiger partial charge in [0.25, 0.3) is 0 Å². The van der Waals surface area contributed by atoms with Gasteiger partial charge in [-0.1, -0.05) is 0 Å². The first-order valence-corrected chi connectivity index (χ1v) is 3.94. The first-order chi connectivity index (χ1) is 5.26. The van der Waals surface area contributed by atoms with Gasteiger partial charge in [0.2, 0.25) is 5.12 Å². The molecule has 0 radical (unpaired) electrons. The summed E-state index contributed by atoms with van der Waals surface area (Å²) < 4.78 is 1.70. The molecule has 11 heavy (non-hydrogen) atoms. The molecule has 0 aliphatic heterocycles. The first-order valence-electron chi connectivity index (χ1n) is 3.49. The van der Waals surface area contributed by atoms with Crippen molar-refractivity contribution in [3.05, 3.63) is 18.5 Å². The lowest BCUT2D eigenvalue weighted by molar-refractivity contribution is -0.115. The highest BCUT2D eigenvalue weighted by Gasteiger charge is 2.50. The minimum Gasteiger partial charge on any atom is -0.285 e. The van der Waals surface area contributed by atoms with Crippen LogP contribution in [0.1, 0.15) is 12.8 Å². The molecular formula is C7H8N2OS. The maximum absolute atomic E-state index is 11.0. The van der Waals surface area contributed by atoms with Crippen LogP contribution in [0.3, 0.4) is 0 Å². The molecule has 1 aliphatic carbocycles. The highest BCUT2D eigenvalue weighted by molar-refractivity contribution is 7.96. The van der Waals surface area contributed by atoms with Crippen LogP contribution >= 0.6 is 12.6 Å². The van der Waals surface area contributed by atoms with Crippen LogP contribution in [-0.2, 0) is 10.3 Å². The molecule has 0 unspecified atom stereocenters. The summed E-state index contributed by atoms with van der Waals surface area (Å²) in [4.78, 5) is 11.0. The molecule has 0 bridgehead atoms. The molecule has 0 saturated heterocycles. The second-order valence-electron chi connectivity index (χ2n) is 2.79. The van der Waals surface area contributed by atoms with Crippen molar-refractivity contribution >= 4 is 17.7 Å². The van der Waals surface area contributed by atoms with Crippen LogP contribution in [0.5, 0.6) is 0 Å². The molecule has 1 aromatic heterocycles. The Hall–Kier alpha value is -0.770. The monoisotopic (exact) mass is 168 g/mol. The van der Waals surface area contributed by atoms with Crippen molar-refractivity contribution in [1.82, 2.24) is 9.78 Å². The third kappa shape index (κ3) is 0.894. The van der Waals surface area contributed by atoms with Crippen molar-refractivity contribution in [1.29, 1.82) is 0 Å². The van der Waals surface area contributed by atoms with Gasteiger partial charge in [-0.25, -0.2) is 0 Å². The van der Waals surface area contributed by atoms with Crippen LogP contribution in [0.25, 0.3) is 0 Å². The Morgan fingerprint density at radius 3 is 2.73 bits per heavy atom. The third-order valence-corrected chi connectivity index (χ3v) is 2.48. The van der Waals surface area contributed by atoms with Gasteiger partial charge in [-0.05, 0) is 18.9 Å². The van der Waals surface area contributed by atoms with E-state index < -0.39 is 5.54 Å². The molecule has 1 saturated carbocycles. The SMILES string of the molecule is O=C(S)C1(n2cccn2)CC1. The van der Waals surface area contributed by atoms with Crippen molar-refractivity contribution in [3.63, 3.8) is 0 Å². The van der Waals surface area contributed by atoms with Gasteiger partial charge in [-0.2, -0.15) is 5.10 Å². The van der Waals surface area contributed by atoms with Crippen molar-refractivity contribution in [2.75, 3.05) is 0 Å². The fourth-order valence-electron chi connectivity index (χ4n) is 1.18. The van der Waals surface area contributed by atoms with Gasteiger partial charge in [0, 0.05) is 12.4 Å². The quantitative estimate of drug-likeness (QED) is 0.664. The average molecular weight is 168 g/mol. The lowest BCUT2D eigenvalue weighted by Crippen LogP contribution is -2.24. The number of aromatic nitrogens is 2. The molecule has 1 fully saturated rings. The minimum absolute atomic E-state index is 0.0822. The summed E-state index contributed by atoms with van der Waals surface area (Å²) in [5.74, 6) is 0. The van der Waals surface area contributed by atoms with E-state index in [2.05, 4.69) is 17.7 Å². The van der Waals surface area contributed by atoms with Gasteiger partial charge in [0.15, 0.2) is 0 Å². The zero-order valence-corrected chi connectivity index (χ0v) is 6.79. The fourth-order valence-corrected chi connectivity index (χ4v) is 1.51. The lowest BCUT2D eigenvalue weighted by Gasteiger charge is -2.09. The summed E-state index contributed by atoms with van der Waals surface area (Å²) >= 11 is 3.83. The van der Waals surface area contributed by atoms with E-state index in [1.807, 2.05) is 6.07 Å². The molecular weight excluding hydrogens is 160 g/mol. The van der Waals surface area contributed by atoms with Crippen LogP contribution in [0.15, 0.2) is 18.5 Å². The normalized spacial score (nSPS) is 19.7. The molecule has 2 rings (SSSR count). The summed E-state index contributed by atoms with van der Waals surface area (Å²) in [6, 6.07) is 1.82. The number of carbonyl (C=O) groups excluding carboxylic acids is 1. The number of rotatable bonds is 2. The highest BCUT2D eigenvalue weighted by Crippen LogP contribution is 2.44. The predicted molar refractivity (Wildman–Crippen MR) is 43.4 cm³/mol. The Morgan fingerprint density at radius 2 is 2.36 bits per heavy atom. The topological polar surface area (TPSA) is 34.9 Å². The number of nitrogens with zero attached hydrogens (tertiary/aromatic N) is 2. The van der Waals surface area contributed by atoms with Gasteiger partial charge in [0.1, 0.15) is 5.54 Å². The van der Waals surface area contributed by atoms with E-state index in [1.54, 1.807) is 17.1 Å². The second-order valence-corrected chi connectivity index (χ2v) is 3.19. The lowest BCUT2D eigenvalue weighted by atomic mass is 10.3. The van der Waals surface area contributed by atoms with Crippen molar-refractivity contribution in [3.8, 4) is 0 Å². The predicted octanol–water partition coefficient (Wildman–Crippen LogP) is 0.829. The third-order valence-electron chi connectivity index (χ3n) is 2.06. The fraction of sp³-hybridized carbons (Fsp3) is 0.429. The van der Waals surface area contributed by atoms with Gasteiger partial charge in [0.05, 0.1) is 0 Å². The second kappa shape index (κ2) is 2.11. The van der Waals surface area contributed by atoms with E-state index in [4.69, 9.17) is 0 Å². The van der Waals surface area contributed by atoms with Crippen LogP contribution < -0.4 is 0 Å². The number of hydrogen-bond donors (Lipinski definition) is 1. The van der Waals surface area contributed by atoms with Crippen molar-refractivity contribution in [2.45, 2.75) is 18.4 Å². The number of carbonyl (C=O) groups is 1. The maximum Gasteiger partial charge on any atom is 0.213 e. The largest absolute Gasteiger partial charge is 0.285 e. The van der Waals surface area contributed by atoms with E-state index in [0.717, 1.165) is 12.8 Å². The van der Waals surface area contributed by atoms with Gasteiger partial charge < -0.3 is 0 Å². The molecule has 0 N–H and O–H groups in total. The van der Waals surface area contributed by atoms with E-state index in [0.29, 0.717) is 0 Å².